The number of carbonyl (C=O) groups excluding carboxylic acids is 1. The van der Waals surface area contributed by atoms with Crippen LogP contribution < -0.4 is 5.73 Å². The standard InChI is InChI=1S/C17H16N2O2/c1-10-4-2-5-11(8-10)15-12(9-18)17(19)21-14-7-3-6-13(20)16(14)15/h2,4-5,8,15H,3,6-7,19H2,1H3/t15-/m0/s1. The van der Waals surface area contributed by atoms with Crippen LogP contribution in [-0.2, 0) is 9.53 Å². The Morgan fingerprint density at radius 2 is 2.19 bits per heavy atom. The molecule has 0 bridgehead atoms. The van der Waals surface area contributed by atoms with Gasteiger partial charge < -0.3 is 10.5 Å². The predicted molar refractivity (Wildman–Crippen MR) is 77.7 cm³/mol. The summed E-state index contributed by atoms with van der Waals surface area (Å²) in [5, 5.41) is 9.44. The highest BCUT2D eigenvalue weighted by molar-refractivity contribution is 5.99. The van der Waals surface area contributed by atoms with E-state index in [1.807, 2.05) is 31.2 Å². The fraction of sp³-hybridized carbons (Fsp3) is 0.294. The van der Waals surface area contributed by atoms with Crippen LogP contribution in [0.4, 0.5) is 0 Å². The summed E-state index contributed by atoms with van der Waals surface area (Å²) in [5.74, 6) is 0.418. The first-order valence-electron chi connectivity index (χ1n) is 7.02. The Kier molecular flexibility index (Phi) is 3.26. The molecule has 1 aliphatic heterocycles. The number of allylic oxidation sites excluding steroid dienone is 3. The molecule has 21 heavy (non-hydrogen) atoms. The summed E-state index contributed by atoms with van der Waals surface area (Å²) in [7, 11) is 0. The fourth-order valence-electron chi connectivity index (χ4n) is 3.04. The normalized spacial score (nSPS) is 21.7. The molecule has 1 aromatic rings. The number of rotatable bonds is 1. The average molecular weight is 280 g/mol. The van der Waals surface area contributed by atoms with Crippen molar-refractivity contribution >= 4 is 5.78 Å². The third kappa shape index (κ3) is 2.21. The second-order valence-electron chi connectivity index (χ2n) is 5.45. The maximum Gasteiger partial charge on any atom is 0.205 e. The summed E-state index contributed by atoms with van der Waals surface area (Å²) in [4.78, 5) is 12.4. The molecule has 2 N–H and O–H groups in total. The van der Waals surface area contributed by atoms with E-state index in [1.54, 1.807) is 0 Å². The van der Waals surface area contributed by atoms with Crippen LogP contribution in [0.2, 0.25) is 0 Å². The van der Waals surface area contributed by atoms with Gasteiger partial charge in [0.05, 0.1) is 5.92 Å². The van der Waals surface area contributed by atoms with Gasteiger partial charge in [0, 0.05) is 18.4 Å². The van der Waals surface area contributed by atoms with Gasteiger partial charge in [-0.05, 0) is 18.9 Å². The quantitative estimate of drug-likeness (QED) is 0.858. The van der Waals surface area contributed by atoms with Crippen molar-refractivity contribution < 1.29 is 9.53 Å². The number of benzene rings is 1. The number of ketones is 1. The number of ether oxygens (including phenoxy) is 1. The van der Waals surface area contributed by atoms with Gasteiger partial charge in [-0.25, -0.2) is 0 Å². The molecule has 3 rings (SSSR count). The molecule has 1 aliphatic carbocycles. The number of hydrogen-bond acceptors (Lipinski definition) is 4. The fourth-order valence-corrected chi connectivity index (χ4v) is 3.04. The molecule has 0 amide bonds. The highest BCUT2D eigenvalue weighted by atomic mass is 16.5. The summed E-state index contributed by atoms with van der Waals surface area (Å²) < 4.78 is 5.54. The van der Waals surface area contributed by atoms with Crippen molar-refractivity contribution in [1.29, 1.82) is 5.26 Å². The second-order valence-corrected chi connectivity index (χ2v) is 5.45. The van der Waals surface area contributed by atoms with Gasteiger partial charge in [-0.2, -0.15) is 5.26 Å². The molecule has 4 nitrogen and oxygen atoms in total. The lowest BCUT2D eigenvalue weighted by atomic mass is 9.77. The zero-order valence-electron chi connectivity index (χ0n) is 11.8. The van der Waals surface area contributed by atoms with Gasteiger partial charge in [0.2, 0.25) is 5.88 Å². The number of Topliss-reactive ketones (excluding diaryl/α,β-unsaturated/α-hetero) is 1. The Morgan fingerprint density at radius 3 is 2.90 bits per heavy atom. The molecule has 0 aromatic heterocycles. The molecule has 1 aromatic carbocycles. The van der Waals surface area contributed by atoms with Crippen molar-refractivity contribution in [1.82, 2.24) is 0 Å². The van der Waals surface area contributed by atoms with Crippen molar-refractivity contribution in [3.05, 3.63) is 58.2 Å². The molecular weight excluding hydrogens is 264 g/mol. The van der Waals surface area contributed by atoms with Crippen LogP contribution in [0.3, 0.4) is 0 Å². The van der Waals surface area contributed by atoms with Crippen LogP contribution >= 0.6 is 0 Å². The summed E-state index contributed by atoms with van der Waals surface area (Å²) in [6.07, 6.45) is 1.97. The van der Waals surface area contributed by atoms with Crippen LogP contribution in [0.25, 0.3) is 0 Å². The van der Waals surface area contributed by atoms with Gasteiger partial charge in [-0.15, -0.1) is 0 Å². The molecule has 1 heterocycles. The van der Waals surface area contributed by atoms with Crippen LogP contribution in [0.15, 0.2) is 47.1 Å². The monoisotopic (exact) mass is 280 g/mol. The number of nitriles is 1. The Balaban J connectivity index is 2.20. The molecule has 4 heteroatoms. The number of nitrogens with two attached hydrogens (primary N) is 1. The zero-order valence-corrected chi connectivity index (χ0v) is 11.8. The Bertz CT molecular complexity index is 723. The van der Waals surface area contributed by atoms with E-state index in [9.17, 15) is 10.1 Å². The maximum atomic E-state index is 12.4. The largest absolute Gasteiger partial charge is 0.444 e. The summed E-state index contributed by atoms with van der Waals surface area (Å²) >= 11 is 0. The summed E-state index contributed by atoms with van der Waals surface area (Å²) in [6.45, 7) is 1.99. The lowest BCUT2D eigenvalue weighted by Crippen LogP contribution is -2.27. The van der Waals surface area contributed by atoms with E-state index >= 15 is 0 Å². The number of carbonyl (C=O) groups is 1. The van der Waals surface area contributed by atoms with Crippen molar-refractivity contribution in [3.63, 3.8) is 0 Å². The van der Waals surface area contributed by atoms with E-state index in [1.165, 1.54) is 0 Å². The first kappa shape index (κ1) is 13.4. The van der Waals surface area contributed by atoms with E-state index in [2.05, 4.69) is 6.07 Å². The topological polar surface area (TPSA) is 76.1 Å². The van der Waals surface area contributed by atoms with Crippen molar-refractivity contribution in [2.45, 2.75) is 32.1 Å². The van der Waals surface area contributed by atoms with Gasteiger partial charge >= 0.3 is 0 Å². The first-order valence-corrected chi connectivity index (χ1v) is 7.02. The molecule has 0 saturated heterocycles. The highest BCUT2D eigenvalue weighted by Gasteiger charge is 2.37. The Hall–Kier alpha value is -2.54. The molecule has 0 unspecified atom stereocenters. The first-order chi connectivity index (χ1) is 10.1. The third-order valence-corrected chi connectivity index (χ3v) is 3.98. The van der Waals surface area contributed by atoms with E-state index in [4.69, 9.17) is 10.5 Å². The SMILES string of the molecule is Cc1cccc([C@H]2C(C#N)=C(N)OC3=C2C(=O)CCC3)c1. The van der Waals surface area contributed by atoms with Crippen molar-refractivity contribution in [2.24, 2.45) is 5.73 Å². The van der Waals surface area contributed by atoms with Gasteiger partial charge in [-0.1, -0.05) is 29.8 Å². The predicted octanol–water partition coefficient (Wildman–Crippen LogP) is 2.81. The van der Waals surface area contributed by atoms with E-state index in [-0.39, 0.29) is 11.7 Å². The molecule has 0 radical (unpaired) electrons. The zero-order chi connectivity index (χ0) is 15.0. The lowest BCUT2D eigenvalue weighted by molar-refractivity contribution is -0.116. The molecule has 106 valence electrons. The second kappa shape index (κ2) is 5.10. The van der Waals surface area contributed by atoms with E-state index < -0.39 is 5.92 Å². The van der Waals surface area contributed by atoms with Gasteiger partial charge in [0.25, 0.3) is 0 Å². The van der Waals surface area contributed by atoms with Gasteiger partial charge in [0.1, 0.15) is 17.4 Å². The number of nitrogens with zero attached hydrogens (tertiary/aromatic N) is 1. The Labute approximate surface area is 123 Å². The minimum absolute atomic E-state index is 0.0583. The van der Waals surface area contributed by atoms with Crippen molar-refractivity contribution in [2.75, 3.05) is 0 Å². The third-order valence-electron chi connectivity index (χ3n) is 3.98. The summed E-state index contributed by atoms with van der Waals surface area (Å²) in [5.41, 5.74) is 8.84. The van der Waals surface area contributed by atoms with Gasteiger partial charge in [0.15, 0.2) is 5.78 Å². The lowest BCUT2D eigenvalue weighted by Gasteiger charge is -2.31. The van der Waals surface area contributed by atoms with Gasteiger partial charge in [-0.3, -0.25) is 4.79 Å². The van der Waals surface area contributed by atoms with Crippen LogP contribution in [0, 0.1) is 18.3 Å². The highest BCUT2D eigenvalue weighted by Crippen LogP contribution is 2.43. The number of aryl methyl sites for hydroxylation is 1. The van der Waals surface area contributed by atoms with Crippen molar-refractivity contribution in [3.8, 4) is 6.07 Å². The maximum absolute atomic E-state index is 12.4. The molecule has 0 saturated carbocycles. The smallest absolute Gasteiger partial charge is 0.205 e. The van der Waals surface area contributed by atoms with Crippen LogP contribution in [0.1, 0.15) is 36.3 Å². The minimum atomic E-state index is -0.397. The minimum Gasteiger partial charge on any atom is -0.444 e. The molecule has 0 fully saturated rings. The molecule has 2 aliphatic rings. The van der Waals surface area contributed by atoms with Crippen LogP contribution in [0.5, 0.6) is 0 Å². The average Bonchev–Trinajstić information content (AvgIpc) is 2.46. The summed E-state index contributed by atoms with van der Waals surface area (Å²) in [6, 6.07) is 9.96. The number of hydrogen-bond donors (Lipinski definition) is 1. The van der Waals surface area contributed by atoms with E-state index in [0.29, 0.717) is 29.7 Å². The molecule has 1 atom stereocenters. The van der Waals surface area contributed by atoms with Crippen LogP contribution in [-0.4, -0.2) is 5.78 Å². The van der Waals surface area contributed by atoms with E-state index in [0.717, 1.165) is 17.5 Å². The molecular formula is C17H16N2O2. The Morgan fingerprint density at radius 1 is 1.38 bits per heavy atom. The molecule has 0 spiro atoms.